The van der Waals surface area contributed by atoms with Crippen molar-refractivity contribution in [3.05, 3.63) is 42.3 Å². The van der Waals surface area contributed by atoms with Gasteiger partial charge in [-0.25, -0.2) is 4.79 Å². The Labute approximate surface area is 140 Å². The molecule has 7 heteroatoms. The molecule has 1 aliphatic rings. The molecule has 2 amide bonds. The molecule has 2 aromatic rings. The lowest BCUT2D eigenvalue weighted by Gasteiger charge is -2.15. The lowest BCUT2D eigenvalue weighted by Crippen LogP contribution is -2.42. The lowest BCUT2D eigenvalue weighted by atomic mass is 10.2. The quantitative estimate of drug-likeness (QED) is 0.824. The van der Waals surface area contributed by atoms with Crippen LogP contribution >= 0.6 is 0 Å². The van der Waals surface area contributed by atoms with Crippen LogP contribution in [0.15, 0.2) is 40.9 Å². The van der Waals surface area contributed by atoms with Crippen molar-refractivity contribution in [2.75, 3.05) is 7.11 Å². The van der Waals surface area contributed by atoms with E-state index in [-0.39, 0.29) is 18.1 Å². The normalized spacial score (nSPS) is 15.2. The third-order valence-corrected chi connectivity index (χ3v) is 3.83. The second-order valence-corrected chi connectivity index (χ2v) is 5.67. The van der Waals surface area contributed by atoms with Crippen molar-refractivity contribution in [3.63, 3.8) is 0 Å². The number of hydrogen-bond donors (Lipinski definition) is 2. The van der Waals surface area contributed by atoms with Crippen LogP contribution in [0.1, 0.15) is 31.7 Å². The van der Waals surface area contributed by atoms with Gasteiger partial charge in [-0.3, -0.25) is 0 Å². The number of urea groups is 1. The predicted octanol–water partition coefficient (Wildman–Crippen LogP) is 2.82. The van der Waals surface area contributed by atoms with E-state index in [9.17, 15) is 4.79 Å². The highest BCUT2D eigenvalue weighted by atomic mass is 16.5. The third kappa shape index (κ3) is 3.73. The predicted molar refractivity (Wildman–Crippen MR) is 88.5 cm³/mol. The molecular weight excluding hydrogens is 308 g/mol. The zero-order valence-electron chi connectivity index (χ0n) is 13.7. The summed E-state index contributed by atoms with van der Waals surface area (Å²) in [4.78, 5) is 16.3. The molecule has 1 aromatic heterocycles. The molecule has 0 fully saturated rings. The number of aromatic nitrogens is 2. The number of benzene rings is 1. The maximum Gasteiger partial charge on any atom is 0.315 e. The highest BCUT2D eigenvalue weighted by Gasteiger charge is 2.19. The van der Waals surface area contributed by atoms with Crippen LogP contribution in [-0.2, 0) is 0 Å². The van der Waals surface area contributed by atoms with Crippen molar-refractivity contribution in [2.45, 2.75) is 31.8 Å². The summed E-state index contributed by atoms with van der Waals surface area (Å²) in [5.41, 5.74) is 0.790. The first kappa shape index (κ1) is 16.0. The summed E-state index contributed by atoms with van der Waals surface area (Å²) in [6.45, 7) is 1.80. The van der Waals surface area contributed by atoms with Gasteiger partial charge in [-0.15, -0.1) is 0 Å². The molecule has 1 unspecified atom stereocenters. The Morgan fingerprint density at radius 1 is 1.38 bits per heavy atom. The Balaban J connectivity index is 1.62. The average Bonchev–Trinajstić information content (AvgIpc) is 3.26. The van der Waals surface area contributed by atoms with Crippen molar-refractivity contribution in [2.24, 2.45) is 0 Å². The van der Waals surface area contributed by atoms with Gasteiger partial charge in [0.15, 0.2) is 0 Å². The second kappa shape index (κ2) is 7.16. The minimum atomic E-state index is -0.383. The van der Waals surface area contributed by atoms with Crippen LogP contribution < -0.4 is 15.4 Å². The molecule has 1 aliphatic carbocycles. The molecule has 24 heavy (non-hydrogen) atoms. The number of nitrogens with zero attached hydrogens (tertiary/aromatic N) is 2. The van der Waals surface area contributed by atoms with Gasteiger partial charge in [-0.2, -0.15) is 4.98 Å². The van der Waals surface area contributed by atoms with E-state index in [4.69, 9.17) is 9.26 Å². The van der Waals surface area contributed by atoms with Crippen molar-refractivity contribution in [1.82, 2.24) is 20.8 Å². The average molecular weight is 328 g/mol. The van der Waals surface area contributed by atoms with Crippen LogP contribution in [0.4, 0.5) is 4.79 Å². The molecular formula is C17H20N4O3. The Kier molecular flexibility index (Phi) is 4.79. The van der Waals surface area contributed by atoms with Crippen LogP contribution in [0.2, 0.25) is 0 Å². The molecule has 0 bridgehead atoms. The molecule has 0 saturated carbocycles. The van der Waals surface area contributed by atoms with E-state index in [2.05, 4.69) is 32.9 Å². The fraction of sp³-hybridized carbons (Fsp3) is 0.353. The van der Waals surface area contributed by atoms with Gasteiger partial charge >= 0.3 is 6.03 Å². The molecule has 7 nitrogen and oxygen atoms in total. The van der Waals surface area contributed by atoms with E-state index in [0.29, 0.717) is 11.7 Å². The summed E-state index contributed by atoms with van der Waals surface area (Å²) in [5, 5.41) is 9.70. The molecule has 0 spiro atoms. The van der Waals surface area contributed by atoms with E-state index < -0.39 is 0 Å². The number of ether oxygens (including phenoxy) is 1. The molecule has 1 atom stereocenters. The first-order valence-corrected chi connectivity index (χ1v) is 7.86. The third-order valence-electron chi connectivity index (χ3n) is 3.83. The molecule has 2 N–H and O–H groups in total. The molecule has 0 radical (unpaired) electrons. The summed E-state index contributed by atoms with van der Waals surface area (Å²) in [6, 6.07) is 6.93. The molecule has 1 aromatic carbocycles. The first-order chi connectivity index (χ1) is 11.7. The summed E-state index contributed by atoms with van der Waals surface area (Å²) in [6.07, 6.45) is 5.85. The van der Waals surface area contributed by atoms with Crippen LogP contribution in [0.3, 0.4) is 0 Å². The maximum absolute atomic E-state index is 12.0. The topological polar surface area (TPSA) is 89.3 Å². The Hall–Kier alpha value is -2.83. The van der Waals surface area contributed by atoms with Crippen LogP contribution in [0.5, 0.6) is 5.75 Å². The molecule has 0 saturated heterocycles. The van der Waals surface area contributed by atoms with Gasteiger partial charge < -0.3 is 19.9 Å². The number of hydrogen-bond acceptors (Lipinski definition) is 5. The summed E-state index contributed by atoms with van der Waals surface area (Å²) < 4.78 is 10.5. The highest BCUT2D eigenvalue weighted by molar-refractivity contribution is 5.74. The van der Waals surface area contributed by atoms with Crippen LogP contribution in [0.25, 0.3) is 11.4 Å². The van der Waals surface area contributed by atoms with E-state index in [1.54, 1.807) is 14.0 Å². The molecule has 1 heterocycles. The molecule has 0 aliphatic heterocycles. The van der Waals surface area contributed by atoms with E-state index >= 15 is 0 Å². The smallest absolute Gasteiger partial charge is 0.315 e. The minimum absolute atomic E-state index is 0.159. The van der Waals surface area contributed by atoms with Crippen molar-refractivity contribution in [1.29, 1.82) is 0 Å². The van der Waals surface area contributed by atoms with Gasteiger partial charge in [0.2, 0.25) is 11.7 Å². The Morgan fingerprint density at radius 3 is 2.92 bits per heavy atom. The van der Waals surface area contributed by atoms with Crippen molar-refractivity contribution in [3.8, 4) is 17.1 Å². The SMILES string of the molecule is COc1cccc(-c2noc(C(C)NC(=O)NC3CC=CC3)n2)c1. The highest BCUT2D eigenvalue weighted by Crippen LogP contribution is 2.22. The summed E-state index contributed by atoms with van der Waals surface area (Å²) >= 11 is 0. The van der Waals surface area contributed by atoms with Gasteiger partial charge in [0, 0.05) is 11.6 Å². The number of nitrogens with one attached hydrogen (secondary N) is 2. The zero-order chi connectivity index (χ0) is 16.9. The van der Waals surface area contributed by atoms with Crippen molar-refractivity contribution < 1.29 is 14.1 Å². The summed E-state index contributed by atoms with van der Waals surface area (Å²) in [5.74, 6) is 1.53. The fourth-order valence-electron chi connectivity index (χ4n) is 2.51. The van der Waals surface area contributed by atoms with Gasteiger partial charge in [0.05, 0.1) is 7.11 Å². The Bertz CT molecular complexity index is 733. The zero-order valence-corrected chi connectivity index (χ0v) is 13.7. The lowest BCUT2D eigenvalue weighted by molar-refractivity contribution is 0.230. The minimum Gasteiger partial charge on any atom is -0.497 e. The van der Waals surface area contributed by atoms with Gasteiger partial charge in [0.25, 0.3) is 0 Å². The van der Waals surface area contributed by atoms with E-state index in [1.165, 1.54) is 0 Å². The maximum atomic E-state index is 12.0. The number of carbonyl (C=O) groups is 1. The molecule has 3 rings (SSSR count). The standard InChI is InChI=1S/C17H20N4O3/c1-11(18-17(22)19-13-7-3-4-8-13)16-20-15(21-24-16)12-6-5-9-14(10-12)23-2/h3-6,9-11,13H,7-8H2,1-2H3,(H2,18,19,22). The van der Waals surface area contributed by atoms with Gasteiger partial charge in [-0.05, 0) is 31.9 Å². The van der Waals surface area contributed by atoms with Crippen LogP contribution in [-0.4, -0.2) is 29.3 Å². The van der Waals surface area contributed by atoms with Gasteiger partial charge in [0.1, 0.15) is 11.8 Å². The van der Waals surface area contributed by atoms with Crippen molar-refractivity contribution >= 4 is 6.03 Å². The number of carbonyl (C=O) groups excluding carboxylic acids is 1. The number of rotatable bonds is 5. The van der Waals surface area contributed by atoms with E-state index in [0.717, 1.165) is 24.2 Å². The first-order valence-electron chi connectivity index (χ1n) is 7.86. The monoisotopic (exact) mass is 328 g/mol. The van der Waals surface area contributed by atoms with E-state index in [1.807, 2.05) is 24.3 Å². The van der Waals surface area contributed by atoms with Gasteiger partial charge in [-0.1, -0.05) is 29.4 Å². The largest absolute Gasteiger partial charge is 0.497 e. The summed E-state index contributed by atoms with van der Waals surface area (Å²) in [7, 11) is 1.60. The second-order valence-electron chi connectivity index (χ2n) is 5.67. The molecule has 126 valence electrons. The van der Waals surface area contributed by atoms with Crippen LogP contribution in [0, 0.1) is 0 Å². The number of methoxy groups -OCH3 is 1. The Morgan fingerprint density at radius 2 is 2.17 bits per heavy atom. The number of amides is 2. The fourth-order valence-corrected chi connectivity index (χ4v) is 2.51.